The van der Waals surface area contributed by atoms with Crippen LogP contribution in [0.5, 0.6) is 0 Å². The first-order chi connectivity index (χ1) is 15.1. The molecule has 9 heteroatoms. The molecule has 3 aromatic rings. The molecule has 1 aliphatic carbocycles. The highest BCUT2D eigenvalue weighted by atomic mass is 35.5. The van der Waals surface area contributed by atoms with E-state index in [1.54, 1.807) is 12.4 Å². The van der Waals surface area contributed by atoms with Gasteiger partial charge in [0, 0.05) is 12.4 Å². The van der Waals surface area contributed by atoms with Crippen LogP contribution in [0.3, 0.4) is 0 Å². The highest BCUT2D eigenvalue weighted by Crippen LogP contribution is 2.50. The van der Waals surface area contributed by atoms with Gasteiger partial charge in [-0.15, -0.1) is 11.3 Å². The standard InChI is InChI=1S/C23H25ClN4O3S/c1-13-9-19(25-10-15(13)24)28-18-6-4-5-16(27-18)17-11-26-21(32-17)23(31)8-7-14(20(29)30)22(2,3)12-23/h4-6,9-11,14,31H,7-8,12H2,1-3H3,(H,29,30)(H,25,27,28). The van der Waals surface area contributed by atoms with Crippen molar-refractivity contribution in [3.8, 4) is 10.6 Å². The normalized spacial score (nSPS) is 22.5. The van der Waals surface area contributed by atoms with E-state index in [9.17, 15) is 15.0 Å². The maximum Gasteiger partial charge on any atom is 0.307 e. The number of carboxylic acids is 1. The summed E-state index contributed by atoms with van der Waals surface area (Å²) < 4.78 is 0. The molecule has 0 spiro atoms. The van der Waals surface area contributed by atoms with E-state index in [2.05, 4.69) is 20.3 Å². The van der Waals surface area contributed by atoms with E-state index >= 15 is 0 Å². The lowest BCUT2D eigenvalue weighted by Crippen LogP contribution is -2.44. The van der Waals surface area contributed by atoms with Crippen molar-refractivity contribution in [2.75, 3.05) is 5.32 Å². The van der Waals surface area contributed by atoms with Gasteiger partial charge in [0.2, 0.25) is 0 Å². The molecule has 32 heavy (non-hydrogen) atoms. The topological polar surface area (TPSA) is 108 Å². The number of pyridine rings is 2. The van der Waals surface area contributed by atoms with Gasteiger partial charge in [-0.3, -0.25) is 4.79 Å². The highest BCUT2D eigenvalue weighted by Gasteiger charge is 2.49. The third-order valence-corrected chi connectivity index (χ3v) is 7.65. The van der Waals surface area contributed by atoms with E-state index in [-0.39, 0.29) is 0 Å². The molecule has 2 atom stereocenters. The number of aliphatic hydroxyl groups is 1. The van der Waals surface area contributed by atoms with Crippen LogP contribution < -0.4 is 5.32 Å². The minimum absolute atomic E-state index is 0.348. The second kappa shape index (κ2) is 8.42. The summed E-state index contributed by atoms with van der Waals surface area (Å²) in [6, 6.07) is 7.48. The van der Waals surface area contributed by atoms with E-state index in [4.69, 9.17) is 11.6 Å². The molecule has 0 aromatic carbocycles. The second-order valence-corrected chi connectivity index (χ2v) is 10.4. The number of aliphatic carboxylic acids is 1. The van der Waals surface area contributed by atoms with Crippen LogP contribution in [0.2, 0.25) is 5.02 Å². The predicted octanol–water partition coefficient (Wildman–Crippen LogP) is 5.40. The minimum atomic E-state index is -1.14. The summed E-state index contributed by atoms with van der Waals surface area (Å²) in [5.74, 6) is -0.00531. The fourth-order valence-corrected chi connectivity index (χ4v) is 5.47. The Balaban J connectivity index is 1.55. The fraction of sp³-hybridized carbons (Fsp3) is 0.391. The number of thiazole rings is 1. The van der Waals surface area contributed by atoms with E-state index < -0.39 is 22.9 Å². The van der Waals surface area contributed by atoms with Gasteiger partial charge in [0.1, 0.15) is 22.2 Å². The molecule has 4 rings (SSSR count). The van der Waals surface area contributed by atoms with Crippen molar-refractivity contribution in [3.05, 3.63) is 52.3 Å². The van der Waals surface area contributed by atoms with Crippen molar-refractivity contribution in [3.63, 3.8) is 0 Å². The molecule has 1 aliphatic rings. The lowest BCUT2D eigenvalue weighted by molar-refractivity contribution is -0.154. The second-order valence-electron chi connectivity index (χ2n) is 9.01. The molecule has 0 bridgehead atoms. The average Bonchev–Trinajstić information content (AvgIpc) is 3.21. The zero-order valence-electron chi connectivity index (χ0n) is 18.1. The summed E-state index contributed by atoms with van der Waals surface area (Å²) >= 11 is 7.44. The SMILES string of the molecule is Cc1cc(Nc2cccc(-c3cnc(C4(O)CCC(C(=O)O)C(C)(C)C4)s3)n2)ncc1Cl. The Morgan fingerprint density at radius 1 is 1.25 bits per heavy atom. The van der Waals surface area contributed by atoms with Crippen LogP contribution in [0.4, 0.5) is 11.6 Å². The number of carboxylic acid groups (broad SMARTS) is 1. The van der Waals surface area contributed by atoms with Gasteiger partial charge >= 0.3 is 5.97 Å². The first kappa shape index (κ1) is 22.6. The summed E-state index contributed by atoms with van der Waals surface area (Å²) in [6.07, 6.45) is 4.45. The number of aryl methyl sites for hydroxylation is 1. The summed E-state index contributed by atoms with van der Waals surface area (Å²) in [7, 11) is 0. The third kappa shape index (κ3) is 4.48. The Bertz CT molecular complexity index is 1170. The number of nitrogens with one attached hydrogen (secondary N) is 1. The van der Waals surface area contributed by atoms with Crippen LogP contribution in [0.1, 0.15) is 43.7 Å². The van der Waals surface area contributed by atoms with Gasteiger partial charge in [0.25, 0.3) is 0 Å². The molecule has 3 N–H and O–H groups in total. The van der Waals surface area contributed by atoms with Crippen molar-refractivity contribution in [2.45, 2.75) is 45.6 Å². The van der Waals surface area contributed by atoms with Crippen LogP contribution in [0.25, 0.3) is 10.6 Å². The number of anilines is 2. The maximum atomic E-state index is 11.6. The summed E-state index contributed by atoms with van der Waals surface area (Å²) in [4.78, 5) is 25.8. The molecule has 0 amide bonds. The van der Waals surface area contributed by atoms with Crippen LogP contribution in [-0.4, -0.2) is 31.1 Å². The van der Waals surface area contributed by atoms with Gasteiger partial charge in [0.15, 0.2) is 0 Å². The van der Waals surface area contributed by atoms with Gasteiger partial charge in [0.05, 0.1) is 21.5 Å². The molecule has 1 fully saturated rings. The summed E-state index contributed by atoms with van der Waals surface area (Å²) in [5.41, 5.74) is -0.0251. The molecule has 3 aromatic heterocycles. The zero-order chi connectivity index (χ0) is 23.1. The maximum absolute atomic E-state index is 11.6. The number of hydrogen-bond donors (Lipinski definition) is 3. The number of hydrogen-bond acceptors (Lipinski definition) is 7. The van der Waals surface area contributed by atoms with Crippen LogP contribution >= 0.6 is 22.9 Å². The molecular formula is C23H25ClN4O3S. The van der Waals surface area contributed by atoms with Crippen molar-refractivity contribution in [1.82, 2.24) is 15.0 Å². The Labute approximate surface area is 195 Å². The van der Waals surface area contributed by atoms with Gasteiger partial charge in [-0.25, -0.2) is 15.0 Å². The number of aromatic nitrogens is 3. The number of carbonyl (C=O) groups is 1. The van der Waals surface area contributed by atoms with E-state index in [1.807, 2.05) is 45.0 Å². The van der Waals surface area contributed by atoms with Crippen LogP contribution in [-0.2, 0) is 10.4 Å². The first-order valence-corrected chi connectivity index (χ1v) is 11.5. The monoisotopic (exact) mass is 472 g/mol. The minimum Gasteiger partial charge on any atom is -0.481 e. The molecular weight excluding hydrogens is 448 g/mol. The molecule has 3 heterocycles. The molecule has 2 unspecified atom stereocenters. The van der Waals surface area contributed by atoms with Crippen molar-refractivity contribution >= 4 is 40.5 Å². The third-order valence-electron chi connectivity index (χ3n) is 6.04. The van der Waals surface area contributed by atoms with Crippen LogP contribution in [0, 0.1) is 18.3 Å². The van der Waals surface area contributed by atoms with Crippen molar-refractivity contribution in [1.29, 1.82) is 0 Å². The van der Waals surface area contributed by atoms with E-state index in [1.165, 1.54) is 11.3 Å². The van der Waals surface area contributed by atoms with Gasteiger partial charge in [-0.05, 0) is 55.4 Å². The molecule has 0 radical (unpaired) electrons. The predicted molar refractivity (Wildman–Crippen MR) is 125 cm³/mol. The highest BCUT2D eigenvalue weighted by molar-refractivity contribution is 7.15. The van der Waals surface area contributed by atoms with Crippen molar-refractivity contribution < 1.29 is 15.0 Å². The molecule has 0 aliphatic heterocycles. The molecule has 0 saturated heterocycles. The summed E-state index contributed by atoms with van der Waals surface area (Å²) in [5, 5.41) is 25.2. The Kier molecular flexibility index (Phi) is 5.96. The molecule has 168 valence electrons. The summed E-state index contributed by atoms with van der Waals surface area (Å²) in [6.45, 7) is 5.70. The number of rotatable bonds is 5. The fourth-order valence-electron chi connectivity index (χ4n) is 4.37. The average molecular weight is 473 g/mol. The Morgan fingerprint density at radius 2 is 2.03 bits per heavy atom. The van der Waals surface area contributed by atoms with E-state index in [0.717, 1.165) is 16.1 Å². The lowest BCUT2D eigenvalue weighted by atomic mass is 9.63. The van der Waals surface area contributed by atoms with Gasteiger partial charge in [-0.2, -0.15) is 0 Å². The van der Waals surface area contributed by atoms with E-state index in [0.29, 0.717) is 40.9 Å². The molecule has 1 saturated carbocycles. The Hall–Kier alpha value is -2.55. The quantitative estimate of drug-likeness (QED) is 0.456. The van der Waals surface area contributed by atoms with Crippen LogP contribution in [0.15, 0.2) is 36.7 Å². The van der Waals surface area contributed by atoms with Gasteiger partial charge in [-0.1, -0.05) is 31.5 Å². The number of halogens is 1. The Morgan fingerprint density at radius 3 is 2.72 bits per heavy atom. The van der Waals surface area contributed by atoms with Gasteiger partial charge < -0.3 is 15.5 Å². The van der Waals surface area contributed by atoms with Crippen molar-refractivity contribution in [2.24, 2.45) is 11.3 Å². The lowest BCUT2D eigenvalue weighted by Gasteiger charge is -2.44. The molecule has 7 nitrogen and oxygen atoms in total. The number of nitrogens with zero attached hydrogens (tertiary/aromatic N) is 3. The smallest absolute Gasteiger partial charge is 0.307 e. The largest absolute Gasteiger partial charge is 0.481 e. The zero-order valence-corrected chi connectivity index (χ0v) is 19.7. The first-order valence-electron chi connectivity index (χ1n) is 10.4.